The van der Waals surface area contributed by atoms with E-state index in [-0.39, 0.29) is 16.9 Å². The fourth-order valence-corrected chi connectivity index (χ4v) is 2.16. The number of carbonyl (C=O) groups excluding carboxylic acids is 2. The molecule has 0 atom stereocenters. The van der Waals surface area contributed by atoms with Crippen LogP contribution in [0.15, 0.2) is 48.9 Å². The van der Waals surface area contributed by atoms with Crippen molar-refractivity contribution in [3.8, 4) is 5.69 Å². The number of pyridine rings is 1. The molecule has 2 heterocycles. The van der Waals surface area contributed by atoms with Gasteiger partial charge in [0.2, 0.25) is 0 Å². The minimum atomic E-state index is -0.656. The van der Waals surface area contributed by atoms with Crippen molar-refractivity contribution in [1.29, 1.82) is 0 Å². The summed E-state index contributed by atoms with van der Waals surface area (Å²) in [5, 5.41) is 10.4. The summed E-state index contributed by atoms with van der Waals surface area (Å²) >= 11 is 0. The molecule has 0 saturated carbocycles. The molecule has 0 aliphatic heterocycles. The van der Waals surface area contributed by atoms with Gasteiger partial charge in [0.05, 0.1) is 29.3 Å². The molecule has 3 rings (SSSR count). The predicted molar refractivity (Wildman–Crippen MR) is 86.8 cm³/mol. The van der Waals surface area contributed by atoms with Gasteiger partial charge in [0.15, 0.2) is 5.69 Å². The molecule has 8 nitrogen and oxygen atoms in total. The molecule has 24 heavy (non-hydrogen) atoms. The Morgan fingerprint density at radius 2 is 2.08 bits per heavy atom. The minimum Gasteiger partial charge on any atom is -0.366 e. The van der Waals surface area contributed by atoms with Crippen molar-refractivity contribution in [1.82, 2.24) is 20.0 Å². The lowest BCUT2D eigenvalue weighted by Gasteiger charge is -2.06. The van der Waals surface area contributed by atoms with Gasteiger partial charge in [-0.15, -0.1) is 5.10 Å². The number of nitrogens with zero attached hydrogens (tertiary/aromatic N) is 4. The van der Waals surface area contributed by atoms with E-state index in [1.807, 2.05) is 31.2 Å². The quantitative estimate of drug-likeness (QED) is 0.751. The number of carbonyl (C=O) groups is 2. The van der Waals surface area contributed by atoms with E-state index in [1.165, 1.54) is 29.3 Å². The van der Waals surface area contributed by atoms with Crippen LogP contribution in [0.25, 0.3) is 5.69 Å². The number of primary amides is 1. The maximum Gasteiger partial charge on any atom is 0.277 e. The smallest absolute Gasteiger partial charge is 0.277 e. The lowest BCUT2D eigenvalue weighted by atomic mass is 10.2. The standard InChI is InChI=1S/C16H14N6O2/c1-10-3-2-4-11(7-10)22-9-14(20-21-22)16(24)19-13-8-18-6-5-12(13)15(17)23/h2-9H,1H3,(H2,17,23)(H,19,24). The third kappa shape index (κ3) is 3.12. The second-order valence-corrected chi connectivity index (χ2v) is 5.13. The molecule has 1 aromatic carbocycles. The second-order valence-electron chi connectivity index (χ2n) is 5.13. The number of benzene rings is 1. The normalized spacial score (nSPS) is 10.4. The summed E-state index contributed by atoms with van der Waals surface area (Å²) in [5.41, 5.74) is 7.63. The number of amides is 2. The maximum absolute atomic E-state index is 12.3. The molecule has 3 aromatic rings. The Morgan fingerprint density at radius 3 is 2.83 bits per heavy atom. The molecule has 120 valence electrons. The van der Waals surface area contributed by atoms with Gasteiger partial charge in [0, 0.05) is 6.20 Å². The maximum atomic E-state index is 12.3. The molecule has 0 fully saturated rings. The first-order valence-corrected chi connectivity index (χ1v) is 7.09. The van der Waals surface area contributed by atoms with Crippen LogP contribution in [0.1, 0.15) is 26.4 Å². The molecule has 0 spiro atoms. The van der Waals surface area contributed by atoms with E-state index in [9.17, 15) is 9.59 Å². The number of hydrogen-bond donors (Lipinski definition) is 2. The highest BCUT2D eigenvalue weighted by Crippen LogP contribution is 2.14. The highest BCUT2D eigenvalue weighted by Gasteiger charge is 2.15. The highest BCUT2D eigenvalue weighted by molar-refractivity contribution is 6.07. The van der Waals surface area contributed by atoms with Crippen LogP contribution >= 0.6 is 0 Å². The second kappa shape index (κ2) is 6.29. The van der Waals surface area contributed by atoms with E-state index in [1.54, 1.807) is 0 Å². The summed E-state index contributed by atoms with van der Waals surface area (Å²) in [5.74, 6) is -1.17. The van der Waals surface area contributed by atoms with Crippen LogP contribution in [-0.2, 0) is 0 Å². The zero-order valence-electron chi connectivity index (χ0n) is 12.8. The van der Waals surface area contributed by atoms with Gasteiger partial charge < -0.3 is 11.1 Å². The first kappa shape index (κ1) is 15.3. The van der Waals surface area contributed by atoms with E-state index < -0.39 is 11.8 Å². The summed E-state index contributed by atoms with van der Waals surface area (Å²) in [6.07, 6.45) is 4.27. The highest BCUT2D eigenvalue weighted by atomic mass is 16.2. The summed E-state index contributed by atoms with van der Waals surface area (Å²) in [7, 11) is 0. The molecule has 0 unspecified atom stereocenters. The summed E-state index contributed by atoms with van der Waals surface area (Å²) < 4.78 is 1.50. The molecule has 0 radical (unpaired) electrons. The lowest BCUT2D eigenvalue weighted by Crippen LogP contribution is -2.18. The summed E-state index contributed by atoms with van der Waals surface area (Å²) in [6, 6.07) is 9.06. The van der Waals surface area contributed by atoms with Crippen LogP contribution in [0, 0.1) is 6.92 Å². The molecular weight excluding hydrogens is 308 g/mol. The molecule has 2 aromatic heterocycles. The molecule has 2 amide bonds. The molecule has 0 aliphatic carbocycles. The van der Waals surface area contributed by atoms with Crippen LogP contribution in [-0.4, -0.2) is 31.8 Å². The zero-order valence-corrected chi connectivity index (χ0v) is 12.8. The monoisotopic (exact) mass is 322 g/mol. The van der Waals surface area contributed by atoms with Crippen molar-refractivity contribution < 1.29 is 9.59 Å². The largest absolute Gasteiger partial charge is 0.366 e. The number of rotatable bonds is 4. The van der Waals surface area contributed by atoms with Crippen LogP contribution in [0.4, 0.5) is 5.69 Å². The molecule has 0 saturated heterocycles. The van der Waals surface area contributed by atoms with Crippen LogP contribution in [0.3, 0.4) is 0 Å². The van der Waals surface area contributed by atoms with Crippen molar-refractivity contribution in [2.75, 3.05) is 5.32 Å². The van der Waals surface area contributed by atoms with Gasteiger partial charge in [0.25, 0.3) is 11.8 Å². The predicted octanol–water partition coefficient (Wildman–Crippen LogP) is 1.32. The third-order valence-corrected chi connectivity index (χ3v) is 3.33. The Morgan fingerprint density at radius 1 is 1.25 bits per heavy atom. The fourth-order valence-electron chi connectivity index (χ4n) is 2.16. The van der Waals surface area contributed by atoms with Crippen molar-refractivity contribution >= 4 is 17.5 Å². The van der Waals surface area contributed by atoms with Crippen molar-refractivity contribution in [2.24, 2.45) is 5.73 Å². The number of nitrogens with one attached hydrogen (secondary N) is 1. The average Bonchev–Trinajstić information content (AvgIpc) is 3.05. The van der Waals surface area contributed by atoms with Gasteiger partial charge in [-0.3, -0.25) is 14.6 Å². The van der Waals surface area contributed by atoms with Crippen molar-refractivity contribution in [2.45, 2.75) is 6.92 Å². The number of hydrogen-bond acceptors (Lipinski definition) is 5. The summed E-state index contributed by atoms with van der Waals surface area (Å²) in [4.78, 5) is 27.5. The summed E-state index contributed by atoms with van der Waals surface area (Å²) in [6.45, 7) is 1.96. The molecule has 8 heteroatoms. The van der Waals surface area contributed by atoms with E-state index in [4.69, 9.17) is 5.73 Å². The number of aromatic nitrogens is 4. The number of aryl methyl sites for hydroxylation is 1. The Kier molecular flexibility index (Phi) is 4.02. The van der Waals surface area contributed by atoms with Gasteiger partial charge >= 0.3 is 0 Å². The first-order valence-electron chi connectivity index (χ1n) is 7.09. The number of anilines is 1. The Bertz CT molecular complexity index is 918. The van der Waals surface area contributed by atoms with Gasteiger partial charge in [-0.2, -0.15) is 0 Å². The van der Waals surface area contributed by atoms with Gasteiger partial charge in [0.1, 0.15) is 0 Å². The van der Waals surface area contributed by atoms with Crippen molar-refractivity contribution in [3.63, 3.8) is 0 Å². The Labute approximate surface area is 137 Å². The SMILES string of the molecule is Cc1cccc(-n2cc(C(=O)Nc3cnccc3C(N)=O)nn2)c1. The minimum absolute atomic E-state index is 0.107. The van der Waals surface area contributed by atoms with Crippen LogP contribution < -0.4 is 11.1 Å². The van der Waals surface area contributed by atoms with Gasteiger partial charge in [-0.25, -0.2) is 4.68 Å². The van der Waals surface area contributed by atoms with Crippen LogP contribution in [0.5, 0.6) is 0 Å². The zero-order chi connectivity index (χ0) is 17.1. The van der Waals surface area contributed by atoms with E-state index in [2.05, 4.69) is 20.6 Å². The first-order chi connectivity index (χ1) is 11.5. The van der Waals surface area contributed by atoms with E-state index in [0.29, 0.717) is 0 Å². The molecule has 0 aliphatic rings. The lowest BCUT2D eigenvalue weighted by molar-refractivity contribution is 0.100. The molecular formula is C16H14N6O2. The Balaban J connectivity index is 1.83. The fraction of sp³-hybridized carbons (Fsp3) is 0.0625. The van der Waals surface area contributed by atoms with Gasteiger partial charge in [-0.05, 0) is 30.7 Å². The molecule has 3 N–H and O–H groups in total. The third-order valence-electron chi connectivity index (χ3n) is 3.33. The Hall–Kier alpha value is -3.55. The average molecular weight is 322 g/mol. The van der Waals surface area contributed by atoms with E-state index in [0.717, 1.165) is 11.3 Å². The topological polar surface area (TPSA) is 116 Å². The van der Waals surface area contributed by atoms with Gasteiger partial charge in [-0.1, -0.05) is 17.3 Å². The van der Waals surface area contributed by atoms with E-state index >= 15 is 0 Å². The van der Waals surface area contributed by atoms with Crippen molar-refractivity contribution in [3.05, 3.63) is 65.7 Å². The van der Waals surface area contributed by atoms with Crippen LogP contribution in [0.2, 0.25) is 0 Å². The number of nitrogens with two attached hydrogens (primary N) is 1. The molecule has 0 bridgehead atoms.